The fraction of sp³-hybridized carbons (Fsp3) is 0.381. The van der Waals surface area contributed by atoms with Crippen molar-refractivity contribution in [3.8, 4) is 22.6 Å². The monoisotopic (exact) mass is 374 g/mol. The molecule has 0 saturated heterocycles. The van der Waals surface area contributed by atoms with Crippen molar-refractivity contribution in [2.45, 2.75) is 19.3 Å². The van der Waals surface area contributed by atoms with Crippen LogP contribution in [0.5, 0.6) is 11.5 Å². The van der Waals surface area contributed by atoms with E-state index >= 15 is 0 Å². The zero-order valence-electron chi connectivity index (χ0n) is 16.2. The molecular weight excluding hydrogens is 348 g/mol. The molecule has 0 aliphatic rings. The lowest BCUT2D eigenvalue weighted by atomic mass is 9.88. The van der Waals surface area contributed by atoms with E-state index in [-0.39, 0.29) is 19.6 Å². The predicted molar refractivity (Wildman–Crippen MR) is 102 cm³/mol. The van der Waals surface area contributed by atoms with E-state index in [1.165, 1.54) is 7.11 Å². The van der Waals surface area contributed by atoms with Gasteiger partial charge in [0.25, 0.3) is 0 Å². The van der Waals surface area contributed by atoms with Crippen LogP contribution in [0.25, 0.3) is 11.1 Å². The van der Waals surface area contributed by atoms with Gasteiger partial charge in [-0.2, -0.15) is 0 Å². The lowest BCUT2D eigenvalue weighted by molar-refractivity contribution is -0.142. The summed E-state index contributed by atoms with van der Waals surface area (Å²) in [6, 6.07) is 13.4. The Morgan fingerprint density at radius 3 is 2.22 bits per heavy atom. The summed E-state index contributed by atoms with van der Waals surface area (Å²) in [5.74, 6) is 0.339. The molecule has 0 aliphatic carbocycles. The summed E-state index contributed by atoms with van der Waals surface area (Å²) in [6.07, 6.45) is 0.573. The number of carbonyl (C=O) groups is 1. The highest BCUT2D eigenvalue weighted by Crippen LogP contribution is 2.42. The second-order valence-electron chi connectivity index (χ2n) is 5.84. The van der Waals surface area contributed by atoms with Crippen molar-refractivity contribution in [1.29, 1.82) is 0 Å². The highest BCUT2D eigenvalue weighted by atomic mass is 16.7. The molecule has 1 atom stereocenters. The van der Waals surface area contributed by atoms with Gasteiger partial charge >= 0.3 is 5.97 Å². The molecule has 0 amide bonds. The number of hydrogen-bond donors (Lipinski definition) is 0. The third kappa shape index (κ3) is 5.21. The molecule has 0 saturated carbocycles. The fourth-order valence-electron chi connectivity index (χ4n) is 2.90. The molecule has 2 aromatic carbocycles. The third-order valence-corrected chi connectivity index (χ3v) is 4.11. The van der Waals surface area contributed by atoms with Gasteiger partial charge in [-0.3, -0.25) is 4.79 Å². The van der Waals surface area contributed by atoms with Gasteiger partial charge in [-0.05, 0) is 23.6 Å². The summed E-state index contributed by atoms with van der Waals surface area (Å²) < 4.78 is 26.5. The van der Waals surface area contributed by atoms with Crippen LogP contribution < -0.4 is 9.47 Å². The van der Waals surface area contributed by atoms with Gasteiger partial charge in [0, 0.05) is 25.8 Å². The van der Waals surface area contributed by atoms with Crippen LogP contribution in [-0.2, 0) is 19.0 Å². The van der Waals surface area contributed by atoms with Crippen molar-refractivity contribution in [3.05, 3.63) is 48.0 Å². The van der Waals surface area contributed by atoms with Crippen molar-refractivity contribution >= 4 is 5.97 Å². The average molecular weight is 374 g/mol. The first-order chi connectivity index (χ1) is 13.2. The van der Waals surface area contributed by atoms with Crippen LogP contribution >= 0.6 is 0 Å². The minimum absolute atomic E-state index is 0.0714. The van der Waals surface area contributed by atoms with E-state index < -0.39 is 5.92 Å². The largest absolute Gasteiger partial charge is 0.469 e. The topological polar surface area (TPSA) is 63.2 Å². The van der Waals surface area contributed by atoms with E-state index in [1.54, 1.807) is 20.3 Å². The first-order valence-electron chi connectivity index (χ1n) is 8.70. The van der Waals surface area contributed by atoms with Crippen LogP contribution in [0.2, 0.25) is 0 Å². The van der Waals surface area contributed by atoms with Gasteiger partial charge < -0.3 is 23.7 Å². The number of ether oxygens (including phenoxy) is 5. The van der Waals surface area contributed by atoms with Gasteiger partial charge in [-0.25, -0.2) is 0 Å². The van der Waals surface area contributed by atoms with Gasteiger partial charge in [0.1, 0.15) is 11.5 Å². The maximum atomic E-state index is 12.4. The van der Waals surface area contributed by atoms with Gasteiger partial charge in [-0.15, -0.1) is 0 Å². The molecule has 0 heterocycles. The molecule has 2 rings (SSSR count). The van der Waals surface area contributed by atoms with Crippen LogP contribution in [-0.4, -0.2) is 40.9 Å². The second kappa shape index (κ2) is 10.5. The summed E-state index contributed by atoms with van der Waals surface area (Å²) in [5, 5.41) is 0. The number of benzene rings is 2. The molecule has 0 radical (unpaired) electrons. The SMILES string of the molecule is CCC(C(=O)OC)c1cc(OCOC)cc(OCOC)c1-c1ccccc1. The van der Waals surface area contributed by atoms with Gasteiger partial charge in [0.05, 0.1) is 13.0 Å². The molecular formula is C21H26O6. The minimum atomic E-state index is -0.457. The maximum Gasteiger partial charge on any atom is 0.313 e. The first-order valence-corrected chi connectivity index (χ1v) is 8.70. The van der Waals surface area contributed by atoms with Crippen molar-refractivity contribution in [3.63, 3.8) is 0 Å². The molecule has 2 aromatic rings. The van der Waals surface area contributed by atoms with Crippen LogP contribution in [0.1, 0.15) is 24.8 Å². The summed E-state index contributed by atoms with van der Waals surface area (Å²) in [4.78, 5) is 12.4. The lowest BCUT2D eigenvalue weighted by Crippen LogP contribution is -2.15. The molecule has 27 heavy (non-hydrogen) atoms. The van der Waals surface area contributed by atoms with Crippen LogP contribution in [0, 0.1) is 0 Å². The molecule has 0 aliphatic heterocycles. The standard InChI is InChI=1S/C21H26O6/c1-5-17(21(22)25-4)18-11-16(26-13-23-2)12-19(27-14-24-3)20(18)15-9-7-6-8-10-15/h6-12,17H,5,13-14H2,1-4H3. The molecule has 1 unspecified atom stereocenters. The Kier molecular flexibility index (Phi) is 8.10. The molecule has 146 valence electrons. The van der Waals surface area contributed by atoms with Crippen LogP contribution in [0.3, 0.4) is 0 Å². The highest BCUT2D eigenvalue weighted by molar-refractivity contribution is 5.85. The Bertz CT molecular complexity index is 729. The molecule has 0 spiro atoms. The Labute approximate surface area is 160 Å². The molecule has 0 fully saturated rings. The zero-order valence-corrected chi connectivity index (χ0v) is 16.2. The number of rotatable bonds is 10. The Hall–Kier alpha value is -2.57. The van der Waals surface area contributed by atoms with Gasteiger partial charge in [0.2, 0.25) is 0 Å². The fourth-order valence-corrected chi connectivity index (χ4v) is 2.90. The first kappa shape index (κ1) is 20.7. The van der Waals surface area contributed by atoms with E-state index in [4.69, 9.17) is 23.7 Å². The molecule has 0 N–H and O–H groups in total. The predicted octanol–water partition coefficient (Wildman–Crippen LogP) is 3.99. The summed E-state index contributed by atoms with van der Waals surface area (Å²) in [5.41, 5.74) is 2.52. The normalized spacial score (nSPS) is 11.7. The third-order valence-electron chi connectivity index (χ3n) is 4.11. The summed E-state index contributed by atoms with van der Waals surface area (Å²) in [6.45, 7) is 2.10. The van der Waals surface area contributed by atoms with Crippen LogP contribution in [0.4, 0.5) is 0 Å². The van der Waals surface area contributed by atoms with E-state index in [0.717, 1.165) is 16.7 Å². The molecule has 6 heteroatoms. The van der Waals surface area contributed by atoms with Crippen molar-refractivity contribution < 1.29 is 28.5 Å². The Morgan fingerprint density at radius 1 is 0.963 bits per heavy atom. The number of esters is 1. The van der Waals surface area contributed by atoms with Crippen molar-refractivity contribution in [1.82, 2.24) is 0 Å². The van der Waals surface area contributed by atoms with E-state index in [2.05, 4.69) is 0 Å². The van der Waals surface area contributed by atoms with E-state index in [9.17, 15) is 4.79 Å². The summed E-state index contributed by atoms with van der Waals surface area (Å²) in [7, 11) is 4.49. The average Bonchev–Trinajstić information content (AvgIpc) is 2.71. The number of hydrogen-bond acceptors (Lipinski definition) is 6. The highest BCUT2D eigenvalue weighted by Gasteiger charge is 2.26. The second-order valence-corrected chi connectivity index (χ2v) is 5.84. The minimum Gasteiger partial charge on any atom is -0.469 e. The molecule has 6 nitrogen and oxygen atoms in total. The maximum absolute atomic E-state index is 12.4. The van der Waals surface area contributed by atoms with Crippen molar-refractivity contribution in [2.24, 2.45) is 0 Å². The number of carbonyl (C=O) groups excluding carboxylic acids is 1. The molecule has 0 bridgehead atoms. The molecule has 0 aromatic heterocycles. The van der Waals surface area contributed by atoms with E-state index in [1.807, 2.05) is 43.3 Å². The summed E-state index contributed by atoms with van der Waals surface area (Å²) >= 11 is 0. The quantitative estimate of drug-likeness (QED) is 0.463. The number of methoxy groups -OCH3 is 3. The Morgan fingerprint density at radius 2 is 1.63 bits per heavy atom. The van der Waals surface area contributed by atoms with Crippen molar-refractivity contribution in [2.75, 3.05) is 34.9 Å². The zero-order chi connectivity index (χ0) is 19.6. The van der Waals surface area contributed by atoms with Gasteiger partial charge in [0.15, 0.2) is 13.6 Å². The van der Waals surface area contributed by atoms with Crippen LogP contribution in [0.15, 0.2) is 42.5 Å². The smallest absolute Gasteiger partial charge is 0.313 e. The Balaban J connectivity index is 2.68. The van der Waals surface area contributed by atoms with Gasteiger partial charge in [-0.1, -0.05) is 37.3 Å². The lowest BCUT2D eigenvalue weighted by Gasteiger charge is -2.22. The van der Waals surface area contributed by atoms with E-state index in [0.29, 0.717) is 17.9 Å².